The normalized spacial score (nSPS) is 11.6. The Bertz CT molecular complexity index is 892. The van der Waals surface area contributed by atoms with E-state index in [0.717, 1.165) is 31.2 Å². The molecule has 1 aromatic rings. The van der Waals surface area contributed by atoms with Crippen molar-refractivity contribution >= 4 is 5.97 Å². The number of methoxy groups -OCH3 is 2. The fourth-order valence-electron chi connectivity index (χ4n) is 3.35. The Morgan fingerprint density at radius 2 is 1.39 bits per heavy atom. The van der Waals surface area contributed by atoms with E-state index in [-0.39, 0.29) is 5.97 Å². The molecule has 1 rings (SSSR count). The lowest BCUT2D eigenvalue weighted by atomic mass is 10.00. The van der Waals surface area contributed by atoms with Crippen LogP contribution in [0.2, 0.25) is 0 Å². The SMILES string of the molecule is COC(=O)c1ccc(OC)c(OCC=C(C)CCC=C(C)C)c1CC=C(C)CCC=C(C)C. The van der Waals surface area contributed by atoms with Gasteiger partial charge in [0.2, 0.25) is 0 Å². The van der Waals surface area contributed by atoms with Crippen LogP contribution in [0.3, 0.4) is 0 Å². The summed E-state index contributed by atoms with van der Waals surface area (Å²) in [7, 11) is 3.01. The van der Waals surface area contributed by atoms with Crippen LogP contribution in [-0.4, -0.2) is 26.8 Å². The molecule has 0 spiro atoms. The number of carbonyl (C=O) groups excluding carboxylic acids is 1. The number of esters is 1. The average Bonchev–Trinajstić information content (AvgIpc) is 2.76. The largest absolute Gasteiger partial charge is 0.493 e. The average molecular weight is 455 g/mol. The predicted molar refractivity (Wildman–Crippen MR) is 138 cm³/mol. The molecule has 0 aliphatic rings. The fourth-order valence-corrected chi connectivity index (χ4v) is 3.35. The summed E-state index contributed by atoms with van der Waals surface area (Å²) >= 11 is 0. The third-order valence-corrected chi connectivity index (χ3v) is 5.35. The Morgan fingerprint density at radius 3 is 1.91 bits per heavy atom. The second-order valence-electron chi connectivity index (χ2n) is 8.87. The van der Waals surface area contributed by atoms with Crippen LogP contribution in [0.4, 0.5) is 0 Å². The molecule has 0 N–H and O–H groups in total. The first-order valence-electron chi connectivity index (χ1n) is 11.7. The van der Waals surface area contributed by atoms with Crippen molar-refractivity contribution in [1.29, 1.82) is 0 Å². The Hall–Kier alpha value is -2.75. The van der Waals surface area contributed by atoms with E-state index in [0.29, 0.717) is 30.1 Å². The van der Waals surface area contributed by atoms with Gasteiger partial charge in [0.15, 0.2) is 11.5 Å². The molecule has 182 valence electrons. The molecule has 0 atom stereocenters. The first-order chi connectivity index (χ1) is 15.7. The Kier molecular flexibility index (Phi) is 13.0. The summed E-state index contributed by atoms with van der Waals surface area (Å²) < 4.78 is 16.8. The Balaban J connectivity index is 3.14. The number of hydrogen-bond donors (Lipinski definition) is 0. The summed E-state index contributed by atoms with van der Waals surface area (Å²) in [5.41, 5.74) is 6.49. The molecule has 0 fully saturated rings. The minimum Gasteiger partial charge on any atom is -0.493 e. The lowest BCUT2D eigenvalue weighted by molar-refractivity contribution is 0.0599. The van der Waals surface area contributed by atoms with Gasteiger partial charge in [0.05, 0.1) is 19.8 Å². The second-order valence-corrected chi connectivity index (χ2v) is 8.87. The molecule has 0 bridgehead atoms. The maximum atomic E-state index is 12.5. The lowest BCUT2D eigenvalue weighted by Gasteiger charge is -2.17. The van der Waals surface area contributed by atoms with E-state index >= 15 is 0 Å². The highest BCUT2D eigenvalue weighted by molar-refractivity contribution is 5.92. The van der Waals surface area contributed by atoms with Gasteiger partial charge in [0.1, 0.15) is 6.61 Å². The molecule has 0 aliphatic carbocycles. The van der Waals surface area contributed by atoms with Crippen molar-refractivity contribution in [2.45, 2.75) is 73.6 Å². The molecule has 0 aromatic heterocycles. The third-order valence-electron chi connectivity index (χ3n) is 5.35. The van der Waals surface area contributed by atoms with E-state index in [1.54, 1.807) is 19.2 Å². The summed E-state index contributed by atoms with van der Waals surface area (Å²) in [5.74, 6) is 0.840. The first kappa shape index (κ1) is 28.3. The summed E-state index contributed by atoms with van der Waals surface area (Å²) in [6, 6.07) is 3.52. The van der Waals surface area contributed by atoms with Crippen LogP contribution in [0.1, 0.15) is 83.1 Å². The molecule has 0 radical (unpaired) electrons. The van der Waals surface area contributed by atoms with Gasteiger partial charge in [-0.15, -0.1) is 0 Å². The topological polar surface area (TPSA) is 44.8 Å². The minimum absolute atomic E-state index is 0.374. The van der Waals surface area contributed by atoms with Gasteiger partial charge in [0, 0.05) is 5.56 Å². The van der Waals surface area contributed by atoms with E-state index in [4.69, 9.17) is 14.2 Å². The smallest absolute Gasteiger partial charge is 0.338 e. The quantitative estimate of drug-likeness (QED) is 0.225. The van der Waals surface area contributed by atoms with E-state index in [9.17, 15) is 4.79 Å². The highest BCUT2D eigenvalue weighted by Gasteiger charge is 2.20. The van der Waals surface area contributed by atoms with Gasteiger partial charge >= 0.3 is 5.97 Å². The summed E-state index contributed by atoms with van der Waals surface area (Å²) in [4.78, 5) is 12.5. The van der Waals surface area contributed by atoms with Crippen molar-refractivity contribution < 1.29 is 19.0 Å². The van der Waals surface area contributed by atoms with Gasteiger partial charge < -0.3 is 14.2 Å². The van der Waals surface area contributed by atoms with Crippen molar-refractivity contribution in [1.82, 2.24) is 0 Å². The molecule has 0 saturated carbocycles. The van der Waals surface area contributed by atoms with Gasteiger partial charge in [-0.25, -0.2) is 4.79 Å². The third kappa shape index (κ3) is 10.6. The first-order valence-corrected chi connectivity index (χ1v) is 11.7. The van der Waals surface area contributed by atoms with Crippen LogP contribution >= 0.6 is 0 Å². The molecule has 1 aromatic carbocycles. The molecular formula is C29H42O4. The van der Waals surface area contributed by atoms with Crippen LogP contribution in [0, 0.1) is 0 Å². The highest BCUT2D eigenvalue weighted by Crippen LogP contribution is 2.35. The van der Waals surface area contributed by atoms with Crippen LogP contribution in [0.5, 0.6) is 11.5 Å². The van der Waals surface area contributed by atoms with Gasteiger partial charge in [-0.1, -0.05) is 40.5 Å². The number of carbonyl (C=O) groups is 1. The molecule has 4 nitrogen and oxygen atoms in total. The van der Waals surface area contributed by atoms with E-state index in [1.165, 1.54) is 29.4 Å². The van der Waals surface area contributed by atoms with Crippen LogP contribution < -0.4 is 9.47 Å². The van der Waals surface area contributed by atoms with Crippen LogP contribution in [0.15, 0.2) is 58.7 Å². The van der Waals surface area contributed by atoms with E-state index in [1.807, 2.05) is 0 Å². The van der Waals surface area contributed by atoms with Gasteiger partial charge in [-0.2, -0.15) is 0 Å². The molecule has 4 heteroatoms. The molecular weight excluding hydrogens is 412 g/mol. The highest BCUT2D eigenvalue weighted by atomic mass is 16.5. The lowest BCUT2D eigenvalue weighted by Crippen LogP contribution is -2.09. The number of ether oxygens (including phenoxy) is 3. The minimum atomic E-state index is -0.374. The number of rotatable bonds is 13. The van der Waals surface area contributed by atoms with Crippen LogP contribution in [-0.2, 0) is 11.2 Å². The standard InChI is InChI=1S/C29H42O4/c1-21(2)11-9-13-23(5)15-16-25-26(29(30)32-8)17-18-27(31-7)28(25)33-20-19-24(6)14-10-12-22(3)4/h11-12,15,17-19H,9-10,13-14,16,20H2,1-8H3. The zero-order valence-electron chi connectivity index (χ0n) is 21.8. The van der Waals surface area contributed by atoms with Gasteiger partial charge in [0.25, 0.3) is 0 Å². The number of benzene rings is 1. The van der Waals surface area contributed by atoms with Crippen molar-refractivity contribution in [2.24, 2.45) is 0 Å². The molecule has 0 aliphatic heterocycles. The summed E-state index contributed by atoms with van der Waals surface area (Å²) in [5, 5.41) is 0. The molecule has 0 amide bonds. The zero-order valence-corrected chi connectivity index (χ0v) is 21.8. The maximum absolute atomic E-state index is 12.5. The monoisotopic (exact) mass is 454 g/mol. The summed E-state index contributed by atoms with van der Waals surface area (Å²) in [6.45, 7) is 13.1. The Morgan fingerprint density at radius 1 is 0.818 bits per heavy atom. The maximum Gasteiger partial charge on any atom is 0.338 e. The van der Waals surface area contributed by atoms with Crippen molar-refractivity contribution in [2.75, 3.05) is 20.8 Å². The molecule has 0 saturated heterocycles. The van der Waals surface area contributed by atoms with Crippen molar-refractivity contribution in [3.63, 3.8) is 0 Å². The zero-order chi connectivity index (χ0) is 24.8. The number of hydrogen-bond acceptors (Lipinski definition) is 4. The van der Waals surface area contributed by atoms with Crippen molar-refractivity contribution in [3.8, 4) is 11.5 Å². The molecule has 33 heavy (non-hydrogen) atoms. The van der Waals surface area contributed by atoms with E-state index in [2.05, 4.69) is 65.8 Å². The number of allylic oxidation sites excluding steroid dienone is 7. The second kappa shape index (κ2) is 15.2. The Labute approximate surface area is 201 Å². The van der Waals surface area contributed by atoms with Crippen molar-refractivity contribution in [3.05, 3.63) is 69.9 Å². The predicted octanol–water partition coefficient (Wildman–Crippen LogP) is 7.79. The fraction of sp³-hybridized carbons (Fsp3) is 0.483. The van der Waals surface area contributed by atoms with Crippen LogP contribution in [0.25, 0.3) is 0 Å². The van der Waals surface area contributed by atoms with E-state index < -0.39 is 0 Å². The summed E-state index contributed by atoms with van der Waals surface area (Å²) in [6.07, 6.45) is 13.3. The molecule has 0 unspecified atom stereocenters. The molecule has 0 heterocycles. The van der Waals surface area contributed by atoms with Gasteiger partial charge in [-0.3, -0.25) is 0 Å². The van der Waals surface area contributed by atoms with Gasteiger partial charge in [-0.05, 0) is 91.9 Å².